The first-order valence-electron chi connectivity index (χ1n) is 6.56. The molecule has 2 atom stereocenters. The van der Waals surface area contributed by atoms with Crippen molar-refractivity contribution in [1.29, 1.82) is 0 Å². The Hall–Kier alpha value is -1.26. The normalized spacial score (nSPS) is 22.5. The van der Waals surface area contributed by atoms with Gasteiger partial charge in [0.25, 0.3) is 0 Å². The van der Waals surface area contributed by atoms with Crippen LogP contribution in [0, 0.1) is 5.92 Å². The molecular weight excluding hydrogens is 264 g/mol. The van der Waals surface area contributed by atoms with Crippen LogP contribution in [0.25, 0.3) is 0 Å². The molecule has 4 nitrogen and oxygen atoms in total. The predicted molar refractivity (Wildman–Crippen MR) is 74.8 cm³/mol. The number of carbonyl (C=O) groups is 1. The zero-order valence-electron chi connectivity index (χ0n) is 11.0. The van der Waals surface area contributed by atoms with E-state index in [0.717, 1.165) is 12.0 Å². The van der Waals surface area contributed by atoms with Crippen LogP contribution in [0.4, 0.5) is 4.79 Å². The van der Waals surface area contributed by atoms with Gasteiger partial charge in [-0.15, -0.1) is 0 Å². The Bertz CT molecular complexity index is 401. The summed E-state index contributed by atoms with van der Waals surface area (Å²) in [6.07, 6.45) is 0.726. The fraction of sp³-hybridized carbons (Fsp3) is 0.500. The maximum atomic E-state index is 12.0. The second kappa shape index (κ2) is 6.78. The zero-order valence-corrected chi connectivity index (χ0v) is 11.8. The average molecular weight is 283 g/mol. The van der Waals surface area contributed by atoms with Crippen LogP contribution in [0.2, 0.25) is 0 Å². The monoisotopic (exact) mass is 282 g/mol. The van der Waals surface area contributed by atoms with E-state index in [2.05, 4.69) is 11.8 Å². The van der Waals surface area contributed by atoms with Crippen LogP contribution in [0.15, 0.2) is 30.3 Å². The third-order valence-corrected chi connectivity index (χ3v) is 3.85. The number of benzene rings is 1. The molecule has 1 N–H and O–H groups in total. The van der Waals surface area contributed by atoms with Crippen molar-refractivity contribution in [2.45, 2.75) is 26.0 Å². The quantitative estimate of drug-likeness (QED) is 0.864. The van der Waals surface area contributed by atoms with E-state index in [1.807, 2.05) is 30.3 Å². The van der Waals surface area contributed by atoms with Gasteiger partial charge in [-0.25, -0.2) is 9.63 Å². The smallest absolute Gasteiger partial charge is 0.410 e. The lowest BCUT2D eigenvalue weighted by atomic mass is 10.0. The summed E-state index contributed by atoms with van der Waals surface area (Å²) in [4.78, 5) is 16.4. The molecule has 0 aliphatic carbocycles. The predicted octanol–water partition coefficient (Wildman–Crippen LogP) is 2.78. The van der Waals surface area contributed by atoms with E-state index in [1.165, 1.54) is 0 Å². The number of carbonyl (C=O) groups excluding carboxylic acids is 1. The van der Waals surface area contributed by atoms with E-state index in [-0.39, 0.29) is 12.1 Å². The summed E-state index contributed by atoms with van der Waals surface area (Å²) in [5, 5.41) is 0. The van der Waals surface area contributed by atoms with Gasteiger partial charge in [-0.3, -0.25) is 0 Å². The van der Waals surface area contributed by atoms with Gasteiger partial charge in [-0.2, -0.15) is 0 Å². The minimum absolute atomic E-state index is 0.149. The average Bonchev–Trinajstić information content (AvgIpc) is 2.89. The molecule has 1 aliphatic heterocycles. The van der Waals surface area contributed by atoms with E-state index in [9.17, 15) is 4.79 Å². The fourth-order valence-electron chi connectivity index (χ4n) is 2.37. The number of likely N-dealkylation sites (tertiary alicyclic amines) is 1. The van der Waals surface area contributed by atoms with Crippen molar-refractivity contribution in [3.8, 4) is 0 Å². The Balaban J connectivity index is 1.84. The van der Waals surface area contributed by atoms with E-state index in [1.54, 1.807) is 4.90 Å². The van der Waals surface area contributed by atoms with Crippen LogP contribution in [-0.4, -0.2) is 30.1 Å². The molecule has 0 radical (unpaired) electrons. The highest BCUT2D eigenvalue weighted by Crippen LogP contribution is 2.21. The number of hydrogen-bond acceptors (Lipinski definition) is 3. The molecule has 0 aromatic heterocycles. The maximum Gasteiger partial charge on any atom is 0.410 e. The lowest BCUT2D eigenvalue weighted by Crippen LogP contribution is -2.32. The molecule has 1 saturated heterocycles. The number of nitrogens with one attached hydrogen (secondary N) is 1. The minimum atomic E-state index is -0.267. The molecule has 1 aliphatic rings. The molecule has 19 heavy (non-hydrogen) atoms. The van der Waals surface area contributed by atoms with Crippen molar-refractivity contribution in [3.05, 3.63) is 35.9 Å². The largest absolute Gasteiger partial charge is 0.445 e. The SMILES string of the molecule is CC[C@H]1CN(C(=O)OCc2ccccc2)C[C@H]1NCl. The second-order valence-electron chi connectivity index (χ2n) is 4.83. The van der Waals surface area contributed by atoms with Gasteiger partial charge in [0.2, 0.25) is 0 Å². The van der Waals surface area contributed by atoms with E-state index >= 15 is 0 Å². The summed E-state index contributed by atoms with van der Waals surface area (Å²) in [6.45, 7) is 3.72. The summed E-state index contributed by atoms with van der Waals surface area (Å²) in [5.74, 6) is 0.391. The number of hydrogen-bond donors (Lipinski definition) is 1. The van der Waals surface area contributed by atoms with Crippen molar-refractivity contribution in [1.82, 2.24) is 9.74 Å². The van der Waals surface area contributed by atoms with E-state index in [0.29, 0.717) is 25.6 Å². The van der Waals surface area contributed by atoms with Crippen molar-refractivity contribution in [2.75, 3.05) is 13.1 Å². The molecule has 0 saturated carbocycles. The first kappa shape index (κ1) is 14.2. The molecule has 1 aromatic carbocycles. The fourth-order valence-corrected chi connectivity index (χ4v) is 2.62. The molecule has 0 unspecified atom stereocenters. The van der Waals surface area contributed by atoms with Crippen LogP contribution in [0.5, 0.6) is 0 Å². The summed E-state index contributed by atoms with van der Waals surface area (Å²) in [6, 6.07) is 9.83. The first-order valence-corrected chi connectivity index (χ1v) is 6.94. The zero-order chi connectivity index (χ0) is 13.7. The Morgan fingerprint density at radius 1 is 1.42 bits per heavy atom. The molecule has 5 heteroatoms. The van der Waals surface area contributed by atoms with Crippen LogP contribution >= 0.6 is 11.8 Å². The summed E-state index contributed by atoms with van der Waals surface area (Å²) >= 11 is 5.70. The highest BCUT2D eigenvalue weighted by molar-refractivity contribution is 6.13. The lowest BCUT2D eigenvalue weighted by Gasteiger charge is -2.15. The number of rotatable bonds is 4. The topological polar surface area (TPSA) is 41.6 Å². The number of nitrogens with zero attached hydrogens (tertiary/aromatic N) is 1. The minimum Gasteiger partial charge on any atom is -0.445 e. The third kappa shape index (κ3) is 3.61. The molecule has 1 aromatic rings. The molecule has 104 valence electrons. The molecule has 1 heterocycles. The van der Waals surface area contributed by atoms with Gasteiger partial charge >= 0.3 is 6.09 Å². The Labute approximate surface area is 118 Å². The van der Waals surface area contributed by atoms with Crippen molar-refractivity contribution >= 4 is 17.9 Å². The third-order valence-electron chi connectivity index (χ3n) is 3.57. The Morgan fingerprint density at radius 2 is 2.16 bits per heavy atom. The van der Waals surface area contributed by atoms with Gasteiger partial charge in [-0.05, 0) is 23.3 Å². The van der Waals surface area contributed by atoms with E-state index < -0.39 is 0 Å². The Kier molecular flexibility index (Phi) is 5.05. The first-order chi connectivity index (χ1) is 9.24. The number of ether oxygens (including phenoxy) is 1. The van der Waals surface area contributed by atoms with Gasteiger partial charge in [0.15, 0.2) is 0 Å². The van der Waals surface area contributed by atoms with Crippen molar-refractivity contribution in [2.24, 2.45) is 5.92 Å². The molecular formula is C14H19ClN2O2. The Morgan fingerprint density at radius 3 is 2.74 bits per heavy atom. The molecule has 1 fully saturated rings. The summed E-state index contributed by atoms with van der Waals surface area (Å²) in [5.41, 5.74) is 0.995. The second-order valence-corrected chi connectivity index (χ2v) is 5.05. The van der Waals surface area contributed by atoms with E-state index in [4.69, 9.17) is 16.5 Å². The lowest BCUT2D eigenvalue weighted by molar-refractivity contribution is 0.103. The number of amides is 1. The highest BCUT2D eigenvalue weighted by Gasteiger charge is 2.34. The van der Waals surface area contributed by atoms with Crippen molar-refractivity contribution in [3.63, 3.8) is 0 Å². The van der Waals surface area contributed by atoms with Gasteiger partial charge in [-0.1, -0.05) is 43.7 Å². The molecule has 0 bridgehead atoms. The van der Waals surface area contributed by atoms with Crippen LogP contribution in [0.1, 0.15) is 18.9 Å². The van der Waals surface area contributed by atoms with Crippen LogP contribution in [0.3, 0.4) is 0 Å². The van der Waals surface area contributed by atoms with Gasteiger partial charge in [0, 0.05) is 19.1 Å². The standard InChI is InChI=1S/C14H19ClN2O2/c1-2-12-8-17(9-13(12)16-15)14(18)19-10-11-6-4-3-5-7-11/h3-7,12-13,16H,2,8-10H2,1H3/t12-,13+/m0/s1. The number of halogens is 1. The maximum absolute atomic E-state index is 12.0. The summed E-state index contributed by atoms with van der Waals surface area (Å²) < 4.78 is 5.31. The van der Waals surface area contributed by atoms with Gasteiger partial charge in [0.1, 0.15) is 6.61 Å². The van der Waals surface area contributed by atoms with Crippen molar-refractivity contribution < 1.29 is 9.53 Å². The molecule has 0 spiro atoms. The van der Waals surface area contributed by atoms with Crippen LogP contribution in [-0.2, 0) is 11.3 Å². The van der Waals surface area contributed by atoms with Gasteiger partial charge in [0.05, 0.1) is 0 Å². The van der Waals surface area contributed by atoms with Crippen LogP contribution < -0.4 is 4.84 Å². The van der Waals surface area contributed by atoms with Gasteiger partial charge < -0.3 is 9.64 Å². The molecule has 2 rings (SSSR count). The molecule has 1 amide bonds. The summed E-state index contributed by atoms with van der Waals surface area (Å²) in [7, 11) is 0. The highest BCUT2D eigenvalue weighted by atomic mass is 35.5.